The molecule has 1 unspecified atom stereocenters. The Morgan fingerprint density at radius 3 is 2.46 bits per heavy atom. The van der Waals surface area contributed by atoms with Crippen molar-refractivity contribution in [2.75, 3.05) is 5.32 Å². The van der Waals surface area contributed by atoms with Crippen LogP contribution in [0.4, 0.5) is 5.69 Å². The van der Waals surface area contributed by atoms with E-state index in [1.165, 1.54) is 12.8 Å². The summed E-state index contributed by atoms with van der Waals surface area (Å²) in [4.78, 5) is 0. The average molecular weight is 349 g/mol. The van der Waals surface area contributed by atoms with Gasteiger partial charge in [0.2, 0.25) is 11.8 Å². The number of nitrogens with one attached hydrogen (secondary N) is 1. The van der Waals surface area contributed by atoms with Gasteiger partial charge in [-0.1, -0.05) is 18.2 Å². The fourth-order valence-corrected chi connectivity index (χ4v) is 3.25. The van der Waals surface area contributed by atoms with Crippen molar-refractivity contribution in [2.45, 2.75) is 44.8 Å². The van der Waals surface area contributed by atoms with E-state index in [0.717, 1.165) is 29.8 Å². The number of hydrogen-bond acceptors (Lipinski definition) is 5. The second-order valence-corrected chi connectivity index (χ2v) is 6.73. The summed E-state index contributed by atoms with van der Waals surface area (Å²) in [5, 5.41) is 11.7. The number of aromatic nitrogens is 2. The Bertz CT molecular complexity index is 824. The van der Waals surface area contributed by atoms with Gasteiger partial charge in [-0.3, -0.25) is 0 Å². The van der Waals surface area contributed by atoms with Gasteiger partial charge < -0.3 is 14.5 Å². The maximum atomic E-state index is 6.00. The van der Waals surface area contributed by atoms with Crippen molar-refractivity contribution >= 4 is 5.69 Å². The van der Waals surface area contributed by atoms with Gasteiger partial charge >= 0.3 is 0 Å². The van der Waals surface area contributed by atoms with Crippen molar-refractivity contribution in [3.8, 4) is 17.2 Å². The van der Waals surface area contributed by atoms with Crippen molar-refractivity contribution in [3.63, 3.8) is 0 Å². The van der Waals surface area contributed by atoms with E-state index in [9.17, 15) is 0 Å². The molecule has 1 aliphatic carbocycles. The Hall–Kier alpha value is -2.82. The summed E-state index contributed by atoms with van der Waals surface area (Å²) < 4.78 is 11.8. The van der Waals surface area contributed by atoms with E-state index < -0.39 is 0 Å². The van der Waals surface area contributed by atoms with Gasteiger partial charge in [-0.15, -0.1) is 10.2 Å². The minimum Gasteiger partial charge on any atom is -0.490 e. The smallest absolute Gasteiger partial charge is 0.247 e. The molecule has 1 N–H and O–H groups in total. The lowest BCUT2D eigenvalue weighted by Gasteiger charge is -2.15. The number of ether oxygens (including phenoxy) is 1. The summed E-state index contributed by atoms with van der Waals surface area (Å²) in [7, 11) is 0. The zero-order valence-corrected chi connectivity index (χ0v) is 14.9. The van der Waals surface area contributed by atoms with Gasteiger partial charge in [0, 0.05) is 11.3 Å². The fraction of sp³-hybridized carbons (Fsp3) is 0.333. The van der Waals surface area contributed by atoms with E-state index in [1.807, 2.05) is 61.5 Å². The van der Waals surface area contributed by atoms with Crippen LogP contribution in [0, 0.1) is 0 Å². The molecule has 4 rings (SSSR count). The van der Waals surface area contributed by atoms with E-state index in [4.69, 9.17) is 9.15 Å². The molecule has 2 aromatic carbocycles. The highest BCUT2D eigenvalue weighted by Gasteiger charge is 2.17. The molecule has 1 aliphatic rings. The van der Waals surface area contributed by atoms with Crippen LogP contribution in [0.15, 0.2) is 59.0 Å². The minimum absolute atomic E-state index is 0.0819. The number of hydrogen-bond donors (Lipinski definition) is 1. The SMILES string of the molecule is CC(Nc1ccc(OC2CCCC2)cc1)c1nnc(-c2ccccc2)o1. The zero-order valence-electron chi connectivity index (χ0n) is 14.9. The quantitative estimate of drug-likeness (QED) is 0.660. The van der Waals surface area contributed by atoms with Gasteiger partial charge in [0.1, 0.15) is 11.8 Å². The van der Waals surface area contributed by atoms with Crippen LogP contribution in [0.25, 0.3) is 11.5 Å². The molecular weight excluding hydrogens is 326 g/mol. The molecule has 5 nitrogen and oxygen atoms in total. The maximum Gasteiger partial charge on any atom is 0.247 e. The molecule has 1 aromatic heterocycles. The van der Waals surface area contributed by atoms with Crippen molar-refractivity contribution in [3.05, 3.63) is 60.5 Å². The van der Waals surface area contributed by atoms with Crippen LogP contribution in [0.1, 0.15) is 44.5 Å². The Morgan fingerprint density at radius 2 is 1.73 bits per heavy atom. The fourth-order valence-electron chi connectivity index (χ4n) is 3.25. The summed E-state index contributed by atoms with van der Waals surface area (Å²) in [5.74, 6) is 2.03. The lowest BCUT2D eigenvalue weighted by atomic mass is 10.2. The molecule has 0 bridgehead atoms. The first-order valence-electron chi connectivity index (χ1n) is 9.20. The molecule has 0 radical (unpaired) electrons. The third kappa shape index (κ3) is 3.87. The monoisotopic (exact) mass is 349 g/mol. The number of rotatable bonds is 6. The normalized spacial score (nSPS) is 15.7. The molecule has 0 aliphatic heterocycles. The molecule has 3 aromatic rings. The predicted molar refractivity (Wildman–Crippen MR) is 101 cm³/mol. The number of nitrogens with zero attached hydrogens (tertiary/aromatic N) is 2. The second kappa shape index (κ2) is 7.60. The lowest BCUT2D eigenvalue weighted by molar-refractivity contribution is 0.210. The first-order chi connectivity index (χ1) is 12.8. The van der Waals surface area contributed by atoms with Gasteiger partial charge in [-0.05, 0) is 69.0 Å². The summed E-state index contributed by atoms with van der Waals surface area (Å²) >= 11 is 0. The molecule has 26 heavy (non-hydrogen) atoms. The van der Waals surface area contributed by atoms with E-state index >= 15 is 0 Å². The van der Waals surface area contributed by atoms with Gasteiger partial charge in [-0.2, -0.15) is 0 Å². The van der Waals surface area contributed by atoms with Crippen molar-refractivity contribution < 1.29 is 9.15 Å². The Labute approximate surface area is 153 Å². The van der Waals surface area contributed by atoms with Crippen LogP contribution < -0.4 is 10.1 Å². The Kier molecular flexibility index (Phi) is 4.86. The van der Waals surface area contributed by atoms with Gasteiger partial charge in [-0.25, -0.2) is 0 Å². The van der Waals surface area contributed by atoms with Crippen LogP contribution in [0.3, 0.4) is 0 Å². The van der Waals surface area contributed by atoms with Gasteiger partial charge in [0.25, 0.3) is 0 Å². The average Bonchev–Trinajstić information content (AvgIpc) is 3.36. The van der Waals surface area contributed by atoms with Crippen molar-refractivity contribution in [1.29, 1.82) is 0 Å². The van der Waals surface area contributed by atoms with E-state index in [1.54, 1.807) is 0 Å². The lowest BCUT2D eigenvalue weighted by Crippen LogP contribution is -2.11. The largest absolute Gasteiger partial charge is 0.490 e. The maximum absolute atomic E-state index is 6.00. The summed E-state index contributed by atoms with van der Waals surface area (Å²) in [6.45, 7) is 2.01. The predicted octanol–water partition coefficient (Wildman–Crippen LogP) is 5.23. The summed E-state index contributed by atoms with van der Waals surface area (Å²) in [6, 6.07) is 17.8. The van der Waals surface area contributed by atoms with Crippen LogP contribution in [-0.2, 0) is 0 Å². The number of benzene rings is 2. The topological polar surface area (TPSA) is 60.2 Å². The molecular formula is C21H23N3O2. The highest BCUT2D eigenvalue weighted by molar-refractivity contribution is 5.52. The second-order valence-electron chi connectivity index (χ2n) is 6.73. The van der Waals surface area contributed by atoms with Crippen molar-refractivity contribution in [1.82, 2.24) is 10.2 Å². The third-order valence-electron chi connectivity index (χ3n) is 4.67. The zero-order chi connectivity index (χ0) is 17.8. The molecule has 0 saturated heterocycles. The molecule has 1 heterocycles. The Morgan fingerprint density at radius 1 is 1.00 bits per heavy atom. The molecule has 0 amide bonds. The van der Waals surface area contributed by atoms with Crippen molar-refractivity contribution in [2.24, 2.45) is 0 Å². The van der Waals surface area contributed by atoms with Crippen LogP contribution in [0.2, 0.25) is 0 Å². The third-order valence-corrected chi connectivity index (χ3v) is 4.67. The van der Waals surface area contributed by atoms with E-state index in [0.29, 0.717) is 17.9 Å². The first kappa shape index (κ1) is 16.6. The van der Waals surface area contributed by atoms with Crippen LogP contribution in [0.5, 0.6) is 5.75 Å². The number of anilines is 1. The highest BCUT2D eigenvalue weighted by Crippen LogP contribution is 2.27. The van der Waals surface area contributed by atoms with E-state index in [2.05, 4.69) is 15.5 Å². The molecule has 0 spiro atoms. The highest BCUT2D eigenvalue weighted by atomic mass is 16.5. The Balaban J connectivity index is 1.38. The van der Waals surface area contributed by atoms with E-state index in [-0.39, 0.29) is 6.04 Å². The molecule has 134 valence electrons. The summed E-state index contributed by atoms with van der Waals surface area (Å²) in [6.07, 6.45) is 5.26. The molecule has 5 heteroatoms. The molecule has 1 fully saturated rings. The van der Waals surface area contributed by atoms with Gasteiger partial charge in [0.15, 0.2) is 0 Å². The summed E-state index contributed by atoms with van der Waals surface area (Å²) in [5.41, 5.74) is 1.92. The minimum atomic E-state index is -0.0819. The first-order valence-corrected chi connectivity index (χ1v) is 9.20. The van der Waals surface area contributed by atoms with Crippen LogP contribution in [-0.4, -0.2) is 16.3 Å². The molecule has 1 saturated carbocycles. The van der Waals surface area contributed by atoms with Crippen LogP contribution >= 0.6 is 0 Å². The standard InChI is InChI=1S/C21H23N3O2/c1-15(20-23-24-21(26-20)16-7-3-2-4-8-16)22-17-11-13-19(14-12-17)25-18-9-5-6-10-18/h2-4,7-8,11-15,18,22H,5-6,9-10H2,1H3. The molecule has 1 atom stereocenters. The van der Waals surface area contributed by atoms with Gasteiger partial charge in [0.05, 0.1) is 6.10 Å².